The molecule has 8 heteroatoms. The number of alkyl halides is 3. The molecule has 1 aromatic rings. The van der Waals surface area contributed by atoms with Crippen molar-refractivity contribution in [2.45, 2.75) is 11.1 Å². The predicted octanol–water partition coefficient (Wildman–Crippen LogP) is 0.972. The molecule has 0 aliphatic heterocycles. The molecule has 15 heavy (non-hydrogen) atoms. The molecule has 1 radical (unpaired) electrons. The van der Waals surface area contributed by atoms with Gasteiger partial charge >= 0.3 is 6.18 Å². The van der Waals surface area contributed by atoms with Gasteiger partial charge in [0.1, 0.15) is 0 Å². The summed E-state index contributed by atoms with van der Waals surface area (Å²) in [6.45, 7) is 0. The van der Waals surface area contributed by atoms with E-state index in [2.05, 4.69) is 5.14 Å². The smallest absolute Gasteiger partial charge is 0.225 e. The van der Waals surface area contributed by atoms with Gasteiger partial charge in [-0.15, -0.1) is 0 Å². The van der Waals surface area contributed by atoms with Crippen LogP contribution >= 0.6 is 0 Å². The standard InChI is InChI=1S/C7H6F3NO2S.K/c8-7(9,10)5-2-1-3-6(4-5)14(11,12)13;/h1-4H,(H2,11,12,13);. The maximum absolute atomic E-state index is 12.1. The number of hydrogen-bond donors (Lipinski definition) is 1. The van der Waals surface area contributed by atoms with Gasteiger partial charge in [-0.1, -0.05) is 6.07 Å². The average Bonchev–Trinajstić information content (AvgIpc) is 2.01. The van der Waals surface area contributed by atoms with Crippen LogP contribution in [0.5, 0.6) is 0 Å². The van der Waals surface area contributed by atoms with Crippen molar-refractivity contribution in [1.82, 2.24) is 0 Å². The maximum atomic E-state index is 12.1. The van der Waals surface area contributed by atoms with Crippen molar-refractivity contribution in [1.29, 1.82) is 0 Å². The van der Waals surface area contributed by atoms with Gasteiger partial charge in [0.25, 0.3) is 0 Å². The maximum Gasteiger partial charge on any atom is 0.416 e. The zero-order valence-electron chi connectivity index (χ0n) is 7.75. The number of hydrogen-bond acceptors (Lipinski definition) is 2. The molecule has 1 rings (SSSR count). The first kappa shape index (κ1) is 15.6. The Labute approximate surface area is 127 Å². The fourth-order valence-electron chi connectivity index (χ4n) is 0.849. The molecular weight excluding hydrogens is 258 g/mol. The summed E-state index contributed by atoms with van der Waals surface area (Å²) in [5, 5.41) is 4.67. The largest absolute Gasteiger partial charge is 0.416 e. The van der Waals surface area contributed by atoms with E-state index in [-0.39, 0.29) is 51.4 Å². The van der Waals surface area contributed by atoms with Gasteiger partial charge in [-0.3, -0.25) is 0 Å². The molecule has 0 aromatic heterocycles. The quantitative estimate of drug-likeness (QED) is 0.768. The van der Waals surface area contributed by atoms with Gasteiger partial charge in [0.2, 0.25) is 10.0 Å². The number of halogens is 3. The number of primary sulfonamides is 1. The Kier molecular flexibility index (Phi) is 5.45. The molecule has 79 valence electrons. The van der Waals surface area contributed by atoms with E-state index < -0.39 is 26.7 Å². The summed E-state index contributed by atoms with van der Waals surface area (Å²) in [6, 6.07) is 3.26. The summed E-state index contributed by atoms with van der Waals surface area (Å²) in [7, 11) is -4.09. The average molecular weight is 264 g/mol. The molecule has 0 bridgehead atoms. The molecule has 0 saturated heterocycles. The van der Waals surface area contributed by atoms with Crippen LogP contribution in [0.3, 0.4) is 0 Å². The third-order valence-electron chi connectivity index (χ3n) is 1.49. The van der Waals surface area contributed by atoms with Crippen LogP contribution in [0, 0.1) is 0 Å². The van der Waals surface area contributed by atoms with Crippen LogP contribution in [0.15, 0.2) is 29.2 Å². The van der Waals surface area contributed by atoms with Crippen molar-refractivity contribution in [2.24, 2.45) is 5.14 Å². The normalized spacial score (nSPS) is 12.0. The number of nitrogens with two attached hydrogens (primary N) is 1. The SMILES string of the molecule is NS(=O)(=O)c1cccc(C(F)(F)F)c1.[K]. The van der Waals surface area contributed by atoms with Gasteiger partial charge in [-0.05, 0) is 18.2 Å². The van der Waals surface area contributed by atoms with Gasteiger partial charge in [-0.25, -0.2) is 13.6 Å². The molecule has 0 aliphatic carbocycles. The molecule has 2 N–H and O–H groups in total. The van der Waals surface area contributed by atoms with Crippen LogP contribution in [0.4, 0.5) is 13.2 Å². The minimum atomic E-state index is -4.57. The number of sulfonamides is 1. The number of rotatable bonds is 1. The fourth-order valence-corrected chi connectivity index (χ4v) is 1.41. The first-order chi connectivity index (χ1) is 6.21. The molecule has 0 heterocycles. The molecule has 0 saturated carbocycles. The van der Waals surface area contributed by atoms with Crippen molar-refractivity contribution in [3.8, 4) is 0 Å². The van der Waals surface area contributed by atoms with Crippen LogP contribution < -0.4 is 5.14 Å². The Morgan fingerprint density at radius 3 is 2.13 bits per heavy atom. The van der Waals surface area contributed by atoms with Gasteiger partial charge in [0.05, 0.1) is 10.5 Å². The van der Waals surface area contributed by atoms with Crippen LogP contribution in [0.1, 0.15) is 5.56 Å². The Hall–Kier alpha value is 0.556. The van der Waals surface area contributed by atoms with Crippen molar-refractivity contribution in [3.63, 3.8) is 0 Å². The van der Waals surface area contributed by atoms with Crippen LogP contribution in [-0.2, 0) is 16.2 Å². The van der Waals surface area contributed by atoms with E-state index in [9.17, 15) is 21.6 Å². The van der Waals surface area contributed by atoms with E-state index in [0.717, 1.165) is 18.2 Å². The second-order valence-corrected chi connectivity index (χ2v) is 4.13. The Morgan fingerprint density at radius 1 is 1.20 bits per heavy atom. The molecule has 0 aliphatic rings. The first-order valence-corrected chi connectivity index (χ1v) is 4.96. The van der Waals surface area contributed by atoms with E-state index in [4.69, 9.17) is 0 Å². The molecule has 0 atom stereocenters. The van der Waals surface area contributed by atoms with Crippen LogP contribution in [0.2, 0.25) is 0 Å². The van der Waals surface area contributed by atoms with E-state index in [1.54, 1.807) is 0 Å². The first-order valence-electron chi connectivity index (χ1n) is 3.41. The van der Waals surface area contributed by atoms with Crippen LogP contribution in [0.25, 0.3) is 0 Å². The molecule has 3 nitrogen and oxygen atoms in total. The topological polar surface area (TPSA) is 60.2 Å². The third-order valence-corrected chi connectivity index (χ3v) is 2.40. The minimum Gasteiger partial charge on any atom is -0.225 e. The summed E-state index contributed by atoms with van der Waals surface area (Å²) >= 11 is 0. The fraction of sp³-hybridized carbons (Fsp3) is 0.143. The molecular formula is C7H6F3KNO2S. The van der Waals surface area contributed by atoms with Crippen molar-refractivity contribution in [3.05, 3.63) is 29.8 Å². The van der Waals surface area contributed by atoms with Crippen LogP contribution in [-0.4, -0.2) is 59.8 Å². The summed E-state index contributed by atoms with van der Waals surface area (Å²) in [5.74, 6) is 0. The summed E-state index contributed by atoms with van der Waals surface area (Å²) < 4.78 is 57.8. The minimum absolute atomic E-state index is 0. The second-order valence-electron chi connectivity index (χ2n) is 2.57. The predicted molar refractivity (Wildman–Crippen MR) is 48.6 cm³/mol. The summed E-state index contributed by atoms with van der Waals surface area (Å²) in [5.41, 5.74) is -1.04. The van der Waals surface area contributed by atoms with Crippen molar-refractivity contribution in [2.75, 3.05) is 0 Å². The monoisotopic (exact) mass is 264 g/mol. The Morgan fingerprint density at radius 2 is 1.73 bits per heavy atom. The Balaban J connectivity index is 0.00000196. The zero-order chi connectivity index (χ0) is 11.0. The Bertz CT molecular complexity index is 444. The molecule has 0 amide bonds. The van der Waals surface area contributed by atoms with Gasteiger partial charge in [0.15, 0.2) is 0 Å². The van der Waals surface area contributed by atoms with Gasteiger partial charge in [0, 0.05) is 51.4 Å². The molecule has 0 fully saturated rings. The van der Waals surface area contributed by atoms with E-state index in [1.807, 2.05) is 0 Å². The van der Waals surface area contributed by atoms with Gasteiger partial charge < -0.3 is 0 Å². The van der Waals surface area contributed by atoms with E-state index in [1.165, 1.54) is 0 Å². The van der Waals surface area contributed by atoms with E-state index >= 15 is 0 Å². The summed E-state index contributed by atoms with van der Waals surface area (Å²) in [4.78, 5) is -0.549. The third kappa shape index (κ3) is 4.51. The zero-order valence-corrected chi connectivity index (χ0v) is 11.7. The molecule has 0 spiro atoms. The van der Waals surface area contributed by atoms with Gasteiger partial charge in [-0.2, -0.15) is 13.2 Å². The molecule has 1 aromatic carbocycles. The van der Waals surface area contributed by atoms with Crippen molar-refractivity contribution < 1.29 is 21.6 Å². The second kappa shape index (κ2) is 5.26. The molecule has 0 unspecified atom stereocenters. The number of benzene rings is 1. The van der Waals surface area contributed by atoms with E-state index in [0.29, 0.717) is 6.07 Å². The van der Waals surface area contributed by atoms with Crippen molar-refractivity contribution >= 4 is 61.4 Å². The summed E-state index contributed by atoms with van der Waals surface area (Å²) in [6.07, 6.45) is -4.57.